The van der Waals surface area contributed by atoms with E-state index in [1.165, 1.54) is 16.6 Å². The van der Waals surface area contributed by atoms with Crippen LogP contribution >= 0.6 is 0 Å². The zero-order valence-electron chi connectivity index (χ0n) is 16.4. The average molecular weight is 386 g/mol. The molecule has 0 aliphatic heterocycles. The van der Waals surface area contributed by atoms with Gasteiger partial charge in [0.15, 0.2) is 5.69 Å². The Balaban J connectivity index is 1.44. The van der Waals surface area contributed by atoms with Gasteiger partial charge in [0.2, 0.25) is 0 Å². The third-order valence-corrected chi connectivity index (χ3v) is 4.84. The molecule has 1 N–H and O–H groups in total. The molecule has 0 saturated carbocycles. The highest BCUT2D eigenvalue weighted by atomic mass is 16.2. The van der Waals surface area contributed by atoms with Crippen molar-refractivity contribution in [3.05, 3.63) is 95.1 Å². The number of hydrogen-bond donors (Lipinski definition) is 1. The van der Waals surface area contributed by atoms with Crippen LogP contribution in [0.5, 0.6) is 0 Å². The van der Waals surface area contributed by atoms with Crippen LogP contribution in [0.15, 0.2) is 66.9 Å². The van der Waals surface area contributed by atoms with Gasteiger partial charge in [-0.2, -0.15) is 15.0 Å². The van der Waals surface area contributed by atoms with Crippen molar-refractivity contribution in [3.8, 4) is 5.69 Å². The Hall–Kier alpha value is -3.74. The molecule has 0 bridgehead atoms. The molecule has 0 radical (unpaired) electrons. The van der Waals surface area contributed by atoms with Gasteiger partial charge in [-0.3, -0.25) is 9.48 Å². The molecular formula is C22H22N6O. The molecule has 29 heavy (non-hydrogen) atoms. The summed E-state index contributed by atoms with van der Waals surface area (Å²) in [7, 11) is 0. The zero-order valence-corrected chi connectivity index (χ0v) is 16.4. The molecule has 0 unspecified atom stereocenters. The van der Waals surface area contributed by atoms with E-state index in [4.69, 9.17) is 0 Å². The quantitative estimate of drug-likeness (QED) is 0.552. The highest BCUT2D eigenvalue weighted by Gasteiger charge is 2.15. The van der Waals surface area contributed by atoms with E-state index in [1.54, 1.807) is 0 Å². The summed E-state index contributed by atoms with van der Waals surface area (Å²) in [4.78, 5) is 14.0. The minimum atomic E-state index is -0.262. The molecule has 4 aromatic rings. The standard InChI is InChI=1S/C22H22N6O/c1-16-20(17(2)27(25-16)15-18-9-5-3-6-10-18)13-23-22(29)21-14-24-28(26-21)19-11-7-4-8-12-19/h3-12,14H,13,15H2,1-2H3,(H,23,29). The Morgan fingerprint density at radius 1 is 0.966 bits per heavy atom. The normalized spacial score (nSPS) is 10.8. The summed E-state index contributed by atoms with van der Waals surface area (Å²) in [6, 6.07) is 19.7. The molecule has 1 amide bonds. The van der Waals surface area contributed by atoms with E-state index in [0.717, 1.165) is 22.6 Å². The molecule has 4 rings (SSSR count). The van der Waals surface area contributed by atoms with Gasteiger partial charge in [-0.1, -0.05) is 48.5 Å². The Morgan fingerprint density at radius 3 is 2.38 bits per heavy atom. The van der Waals surface area contributed by atoms with Crippen molar-refractivity contribution in [2.45, 2.75) is 26.9 Å². The van der Waals surface area contributed by atoms with E-state index in [9.17, 15) is 4.79 Å². The molecule has 0 aliphatic rings. The topological polar surface area (TPSA) is 77.6 Å². The maximum atomic E-state index is 12.5. The van der Waals surface area contributed by atoms with Gasteiger partial charge in [-0.05, 0) is 31.5 Å². The molecule has 2 heterocycles. The number of carbonyl (C=O) groups excluding carboxylic acids is 1. The van der Waals surface area contributed by atoms with Gasteiger partial charge in [0, 0.05) is 17.8 Å². The molecule has 2 aromatic heterocycles. The Bertz CT molecular complexity index is 1110. The Morgan fingerprint density at radius 2 is 1.66 bits per heavy atom. The van der Waals surface area contributed by atoms with E-state index in [2.05, 4.69) is 32.7 Å². The lowest BCUT2D eigenvalue weighted by Gasteiger charge is -2.06. The molecule has 7 heteroatoms. The van der Waals surface area contributed by atoms with Gasteiger partial charge < -0.3 is 5.32 Å². The first kappa shape index (κ1) is 18.6. The zero-order chi connectivity index (χ0) is 20.2. The molecule has 0 saturated heterocycles. The largest absolute Gasteiger partial charge is 0.346 e. The van der Waals surface area contributed by atoms with Crippen molar-refractivity contribution in [3.63, 3.8) is 0 Å². The minimum Gasteiger partial charge on any atom is -0.346 e. The SMILES string of the molecule is Cc1nn(Cc2ccccc2)c(C)c1CNC(=O)c1cnn(-c2ccccc2)n1. The van der Waals surface area contributed by atoms with Crippen LogP contribution < -0.4 is 5.32 Å². The lowest BCUT2D eigenvalue weighted by Crippen LogP contribution is -2.24. The average Bonchev–Trinajstić information content (AvgIpc) is 3.34. The van der Waals surface area contributed by atoms with Crippen LogP contribution in [0.4, 0.5) is 0 Å². The van der Waals surface area contributed by atoms with Crippen LogP contribution in [0.25, 0.3) is 5.69 Å². The van der Waals surface area contributed by atoms with Crippen LogP contribution in [0.3, 0.4) is 0 Å². The van der Waals surface area contributed by atoms with Crippen LogP contribution in [0.2, 0.25) is 0 Å². The second kappa shape index (κ2) is 8.10. The summed E-state index contributed by atoms with van der Waals surface area (Å²) >= 11 is 0. The number of nitrogens with zero attached hydrogens (tertiary/aromatic N) is 5. The third-order valence-electron chi connectivity index (χ3n) is 4.84. The number of nitrogens with one attached hydrogen (secondary N) is 1. The molecule has 0 fully saturated rings. The third kappa shape index (κ3) is 4.08. The second-order valence-electron chi connectivity index (χ2n) is 6.83. The predicted octanol–water partition coefficient (Wildman–Crippen LogP) is 3.06. The van der Waals surface area contributed by atoms with Crippen molar-refractivity contribution >= 4 is 5.91 Å². The minimum absolute atomic E-state index is 0.262. The van der Waals surface area contributed by atoms with Gasteiger partial charge >= 0.3 is 0 Å². The van der Waals surface area contributed by atoms with Crippen LogP contribution in [0.1, 0.15) is 33.0 Å². The lowest BCUT2D eigenvalue weighted by molar-refractivity contribution is 0.0945. The van der Waals surface area contributed by atoms with Crippen molar-refractivity contribution in [2.75, 3.05) is 0 Å². The number of hydrogen-bond acceptors (Lipinski definition) is 4. The lowest BCUT2D eigenvalue weighted by atomic mass is 10.2. The first-order valence-electron chi connectivity index (χ1n) is 9.44. The second-order valence-corrected chi connectivity index (χ2v) is 6.83. The predicted molar refractivity (Wildman–Crippen MR) is 110 cm³/mol. The molecule has 0 aliphatic carbocycles. The Kier molecular flexibility index (Phi) is 5.20. The van der Waals surface area contributed by atoms with Gasteiger partial charge in [0.1, 0.15) is 0 Å². The van der Waals surface area contributed by atoms with Crippen molar-refractivity contribution in [1.82, 2.24) is 30.1 Å². The van der Waals surface area contributed by atoms with Crippen LogP contribution in [-0.4, -0.2) is 30.7 Å². The van der Waals surface area contributed by atoms with Gasteiger partial charge in [0.05, 0.1) is 24.1 Å². The van der Waals surface area contributed by atoms with E-state index in [-0.39, 0.29) is 11.6 Å². The first-order chi connectivity index (χ1) is 14.1. The van der Waals surface area contributed by atoms with Crippen LogP contribution in [0, 0.1) is 13.8 Å². The molecule has 2 aromatic carbocycles. The summed E-state index contributed by atoms with van der Waals surface area (Å²) in [5.74, 6) is -0.262. The van der Waals surface area contributed by atoms with Crippen LogP contribution in [-0.2, 0) is 13.1 Å². The van der Waals surface area contributed by atoms with E-state index >= 15 is 0 Å². The molecular weight excluding hydrogens is 364 g/mol. The molecule has 0 spiro atoms. The van der Waals surface area contributed by atoms with Crippen molar-refractivity contribution in [2.24, 2.45) is 0 Å². The number of aromatic nitrogens is 5. The molecule has 0 atom stereocenters. The van der Waals surface area contributed by atoms with Gasteiger partial charge in [-0.15, -0.1) is 5.10 Å². The number of benzene rings is 2. The Labute approximate surface area is 169 Å². The highest BCUT2D eigenvalue weighted by Crippen LogP contribution is 2.15. The van der Waals surface area contributed by atoms with E-state index in [0.29, 0.717) is 13.1 Å². The maximum Gasteiger partial charge on any atom is 0.273 e. The number of para-hydroxylation sites is 1. The van der Waals surface area contributed by atoms with Crippen molar-refractivity contribution < 1.29 is 4.79 Å². The molecule has 146 valence electrons. The fraction of sp³-hybridized carbons (Fsp3) is 0.182. The fourth-order valence-corrected chi connectivity index (χ4v) is 3.21. The summed E-state index contributed by atoms with van der Waals surface area (Å²) in [5, 5.41) is 16.0. The smallest absolute Gasteiger partial charge is 0.273 e. The summed E-state index contributed by atoms with van der Waals surface area (Å²) in [5.41, 5.74) is 5.24. The number of carbonyl (C=O) groups is 1. The fourth-order valence-electron chi connectivity index (χ4n) is 3.21. The van der Waals surface area contributed by atoms with Gasteiger partial charge in [-0.25, -0.2) is 0 Å². The summed E-state index contributed by atoms with van der Waals surface area (Å²) in [6.45, 7) is 5.08. The highest BCUT2D eigenvalue weighted by molar-refractivity contribution is 5.91. The number of aryl methyl sites for hydroxylation is 1. The monoisotopic (exact) mass is 386 g/mol. The summed E-state index contributed by atoms with van der Waals surface area (Å²) < 4.78 is 1.97. The maximum absolute atomic E-state index is 12.5. The van der Waals surface area contributed by atoms with Crippen molar-refractivity contribution in [1.29, 1.82) is 0 Å². The van der Waals surface area contributed by atoms with E-state index in [1.807, 2.05) is 67.1 Å². The van der Waals surface area contributed by atoms with E-state index < -0.39 is 0 Å². The molecule has 7 nitrogen and oxygen atoms in total. The summed E-state index contributed by atoms with van der Waals surface area (Å²) in [6.07, 6.45) is 1.47. The number of amides is 1. The first-order valence-corrected chi connectivity index (χ1v) is 9.44. The number of rotatable bonds is 6. The van der Waals surface area contributed by atoms with Gasteiger partial charge in [0.25, 0.3) is 5.91 Å².